The van der Waals surface area contributed by atoms with Crippen LogP contribution in [0.25, 0.3) is 22.2 Å². The molecule has 0 saturated carbocycles. The van der Waals surface area contributed by atoms with Crippen molar-refractivity contribution in [2.45, 2.75) is 18.5 Å². The molecule has 0 bridgehead atoms. The van der Waals surface area contributed by atoms with Gasteiger partial charge in [0.2, 0.25) is 0 Å². The molecule has 0 radical (unpaired) electrons. The number of alkyl halides is 1. The number of rotatable bonds is 2. The molecule has 2 atom stereocenters. The molecule has 2 nitrogen and oxygen atoms in total. The molecule has 1 aromatic heterocycles. The summed E-state index contributed by atoms with van der Waals surface area (Å²) in [5, 5.41) is 4.30. The minimum absolute atomic E-state index is 0.0485. The lowest BCUT2D eigenvalue weighted by molar-refractivity contribution is 0.232. The Bertz CT molecular complexity index is 778. The molecular weight excluding hydrogens is 275 g/mol. The van der Waals surface area contributed by atoms with Crippen LogP contribution in [-0.2, 0) is 0 Å². The van der Waals surface area contributed by atoms with Gasteiger partial charge in [0.05, 0.1) is 5.69 Å². The van der Waals surface area contributed by atoms with Crippen molar-refractivity contribution in [3.63, 3.8) is 0 Å². The number of fused-ring (bicyclic) bond motifs is 1. The quantitative estimate of drug-likeness (QED) is 0.726. The summed E-state index contributed by atoms with van der Waals surface area (Å²) in [6, 6.07) is 18.5. The number of aromatic nitrogens is 1. The van der Waals surface area contributed by atoms with Crippen molar-refractivity contribution in [1.82, 2.24) is 10.3 Å². The van der Waals surface area contributed by atoms with Gasteiger partial charge in [-0.15, -0.1) is 0 Å². The number of aromatic amines is 1. The summed E-state index contributed by atoms with van der Waals surface area (Å²) in [5.41, 5.74) is 4.41. The van der Waals surface area contributed by atoms with Gasteiger partial charge in [-0.2, -0.15) is 0 Å². The predicted molar refractivity (Wildman–Crippen MR) is 88.9 cm³/mol. The molecule has 1 saturated heterocycles. The minimum atomic E-state index is -0.838. The number of hydrogen-bond donors (Lipinski definition) is 2. The Balaban J connectivity index is 1.94. The molecule has 0 aliphatic carbocycles. The lowest BCUT2D eigenvalue weighted by Crippen LogP contribution is -2.36. The fourth-order valence-corrected chi connectivity index (χ4v) is 3.53. The van der Waals surface area contributed by atoms with E-state index in [-0.39, 0.29) is 5.92 Å². The Hall–Kier alpha value is -2.13. The molecule has 3 heteroatoms. The molecule has 1 aliphatic rings. The van der Waals surface area contributed by atoms with E-state index in [0.717, 1.165) is 40.7 Å². The maximum Gasteiger partial charge on any atom is 0.119 e. The second-order valence-corrected chi connectivity index (χ2v) is 5.94. The van der Waals surface area contributed by atoms with Gasteiger partial charge in [0, 0.05) is 23.4 Å². The molecule has 1 aliphatic heterocycles. The van der Waals surface area contributed by atoms with Crippen molar-refractivity contribution in [2.24, 2.45) is 0 Å². The molecule has 2 aromatic carbocycles. The van der Waals surface area contributed by atoms with Crippen molar-refractivity contribution in [3.05, 3.63) is 60.2 Å². The first kappa shape index (κ1) is 13.5. The van der Waals surface area contributed by atoms with E-state index in [1.807, 2.05) is 30.3 Å². The van der Waals surface area contributed by atoms with Crippen LogP contribution in [0.5, 0.6) is 0 Å². The van der Waals surface area contributed by atoms with E-state index in [1.165, 1.54) is 0 Å². The zero-order chi connectivity index (χ0) is 14.9. The van der Waals surface area contributed by atoms with Gasteiger partial charge in [0.1, 0.15) is 6.17 Å². The number of piperidine rings is 1. The maximum absolute atomic E-state index is 14.6. The minimum Gasteiger partial charge on any atom is -0.354 e. The smallest absolute Gasteiger partial charge is 0.119 e. The van der Waals surface area contributed by atoms with Crippen molar-refractivity contribution in [1.29, 1.82) is 0 Å². The first-order valence-electron chi connectivity index (χ1n) is 7.85. The van der Waals surface area contributed by atoms with Gasteiger partial charge < -0.3 is 10.3 Å². The van der Waals surface area contributed by atoms with E-state index in [4.69, 9.17) is 0 Å². The van der Waals surface area contributed by atoms with Crippen molar-refractivity contribution < 1.29 is 4.39 Å². The number of benzene rings is 2. The van der Waals surface area contributed by atoms with Crippen molar-refractivity contribution >= 4 is 10.9 Å². The summed E-state index contributed by atoms with van der Waals surface area (Å²) in [6.45, 7) is 1.32. The van der Waals surface area contributed by atoms with Crippen LogP contribution in [0.15, 0.2) is 54.6 Å². The van der Waals surface area contributed by atoms with E-state index in [1.54, 1.807) is 0 Å². The second kappa shape index (κ2) is 5.58. The normalized spacial score (nSPS) is 22.0. The Kier molecular flexibility index (Phi) is 3.43. The van der Waals surface area contributed by atoms with Gasteiger partial charge in [-0.1, -0.05) is 48.5 Å². The lowest BCUT2D eigenvalue weighted by atomic mass is 9.85. The summed E-state index contributed by atoms with van der Waals surface area (Å²) < 4.78 is 14.6. The Morgan fingerprint density at radius 3 is 2.55 bits per heavy atom. The van der Waals surface area contributed by atoms with Gasteiger partial charge in [-0.05, 0) is 30.2 Å². The average Bonchev–Trinajstić information content (AvgIpc) is 2.95. The topological polar surface area (TPSA) is 27.8 Å². The Morgan fingerprint density at radius 1 is 0.955 bits per heavy atom. The van der Waals surface area contributed by atoms with E-state index >= 15 is 0 Å². The molecule has 3 aromatic rings. The van der Waals surface area contributed by atoms with Gasteiger partial charge in [0.15, 0.2) is 0 Å². The van der Waals surface area contributed by atoms with Crippen LogP contribution in [0, 0.1) is 0 Å². The summed E-state index contributed by atoms with van der Waals surface area (Å²) in [6.07, 6.45) is -0.00142. The molecule has 0 spiro atoms. The standard InChI is InChI=1S/C19H19FN2/c20-16-12-21-11-10-14(16)18-15-8-4-5-9-17(15)22-19(18)13-6-2-1-3-7-13/h1-9,14,16,21-22H,10-12H2/t14-,16-/m0/s1. The summed E-state index contributed by atoms with van der Waals surface area (Å²) in [7, 11) is 0. The fraction of sp³-hybridized carbons (Fsp3) is 0.263. The predicted octanol–water partition coefficient (Wildman–Crippen LogP) is 4.25. The first-order chi connectivity index (χ1) is 10.8. The third-order valence-electron chi connectivity index (χ3n) is 4.59. The van der Waals surface area contributed by atoms with E-state index in [0.29, 0.717) is 6.54 Å². The molecule has 0 unspecified atom stereocenters. The van der Waals surface area contributed by atoms with E-state index in [2.05, 4.69) is 34.6 Å². The molecule has 22 heavy (non-hydrogen) atoms. The van der Waals surface area contributed by atoms with Crippen LogP contribution in [0.1, 0.15) is 17.9 Å². The number of halogens is 1. The van der Waals surface area contributed by atoms with Crippen molar-refractivity contribution in [3.8, 4) is 11.3 Å². The highest BCUT2D eigenvalue weighted by molar-refractivity contribution is 5.91. The molecule has 2 N–H and O–H groups in total. The van der Waals surface area contributed by atoms with Gasteiger partial charge in [0.25, 0.3) is 0 Å². The van der Waals surface area contributed by atoms with Crippen LogP contribution in [-0.4, -0.2) is 24.2 Å². The fourth-order valence-electron chi connectivity index (χ4n) is 3.53. The number of para-hydroxylation sites is 1. The molecule has 112 valence electrons. The average molecular weight is 294 g/mol. The van der Waals surface area contributed by atoms with Crippen LogP contribution < -0.4 is 5.32 Å². The third-order valence-corrected chi connectivity index (χ3v) is 4.59. The largest absolute Gasteiger partial charge is 0.354 e. The maximum atomic E-state index is 14.6. The zero-order valence-electron chi connectivity index (χ0n) is 12.4. The van der Waals surface area contributed by atoms with E-state index in [9.17, 15) is 4.39 Å². The highest BCUT2D eigenvalue weighted by atomic mass is 19.1. The first-order valence-corrected chi connectivity index (χ1v) is 7.85. The van der Waals surface area contributed by atoms with Gasteiger partial charge >= 0.3 is 0 Å². The van der Waals surface area contributed by atoms with Gasteiger partial charge in [-0.3, -0.25) is 0 Å². The monoisotopic (exact) mass is 294 g/mol. The molecule has 4 rings (SSSR count). The lowest BCUT2D eigenvalue weighted by Gasteiger charge is -2.27. The summed E-state index contributed by atoms with van der Waals surface area (Å²) in [4.78, 5) is 3.51. The van der Waals surface area contributed by atoms with Crippen molar-refractivity contribution in [2.75, 3.05) is 13.1 Å². The van der Waals surface area contributed by atoms with E-state index < -0.39 is 6.17 Å². The number of nitrogens with one attached hydrogen (secondary N) is 2. The Morgan fingerprint density at radius 2 is 1.73 bits per heavy atom. The summed E-state index contributed by atoms with van der Waals surface area (Å²) in [5.74, 6) is -0.0485. The second-order valence-electron chi connectivity index (χ2n) is 5.94. The van der Waals surface area contributed by atoms with Crippen LogP contribution >= 0.6 is 0 Å². The highest BCUT2D eigenvalue weighted by Crippen LogP contribution is 2.40. The van der Waals surface area contributed by atoms with Gasteiger partial charge in [-0.25, -0.2) is 4.39 Å². The SMILES string of the molecule is F[C@H]1CNCC[C@@H]1c1c(-c2ccccc2)[nH]c2ccccc12. The molecule has 1 fully saturated rings. The summed E-state index contributed by atoms with van der Waals surface area (Å²) >= 11 is 0. The third kappa shape index (κ3) is 2.22. The zero-order valence-corrected chi connectivity index (χ0v) is 12.4. The number of hydrogen-bond acceptors (Lipinski definition) is 1. The van der Waals surface area contributed by atoms with Crippen LogP contribution in [0.3, 0.4) is 0 Å². The molecule has 2 heterocycles. The molecular formula is C19H19FN2. The highest BCUT2D eigenvalue weighted by Gasteiger charge is 2.30. The van der Waals surface area contributed by atoms with Crippen LogP contribution in [0.2, 0.25) is 0 Å². The Labute approximate surface area is 129 Å². The van der Waals surface area contributed by atoms with Crippen LogP contribution in [0.4, 0.5) is 4.39 Å². The number of H-pyrrole nitrogens is 1. The molecule has 0 amide bonds.